The second kappa shape index (κ2) is 9.99. The molecular formula is C24H28F2N4O5S. The highest BCUT2D eigenvalue weighted by Crippen LogP contribution is 2.36. The lowest BCUT2D eigenvalue weighted by Crippen LogP contribution is -2.52. The molecule has 1 saturated heterocycles. The van der Waals surface area contributed by atoms with Crippen molar-refractivity contribution in [1.29, 1.82) is 5.26 Å². The molecule has 1 aromatic carbocycles. The Morgan fingerprint density at radius 2 is 2.00 bits per heavy atom. The molecular weight excluding hydrogens is 494 g/mol. The van der Waals surface area contributed by atoms with E-state index >= 15 is 0 Å². The zero-order valence-corrected chi connectivity index (χ0v) is 21.4. The molecule has 1 fully saturated rings. The Morgan fingerprint density at radius 1 is 1.31 bits per heavy atom. The second-order valence-electron chi connectivity index (χ2n) is 9.69. The van der Waals surface area contributed by atoms with Crippen LogP contribution >= 0.6 is 0 Å². The predicted molar refractivity (Wildman–Crippen MR) is 127 cm³/mol. The van der Waals surface area contributed by atoms with E-state index in [0.29, 0.717) is 16.9 Å². The number of hydrogen-bond acceptors (Lipinski definition) is 7. The summed E-state index contributed by atoms with van der Waals surface area (Å²) >= 11 is 0. The van der Waals surface area contributed by atoms with Gasteiger partial charge < -0.3 is 9.47 Å². The molecule has 0 bridgehead atoms. The third-order valence-corrected chi connectivity index (χ3v) is 6.00. The molecule has 12 heteroatoms. The molecule has 36 heavy (non-hydrogen) atoms. The quantitative estimate of drug-likeness (QED) is 0.613. The topological polar surface area (TPSA) is 122 Å². The summed E-state index contributed by atoms with van der Waals surface area (Å²) in [6, 6.07) is 8.59. The summed E-state index contributed by atoms with van der Waals surface area (Å²) in [5.41, 5.74) is 0.430. The summed E-state index contributed by atoms with van der Waals surface area (Å²) in [6.45, 7) is 5.59. The number of aromatic nitrogens is 1. The van der Waals surface area contributed by atoms with Gasteiger partial charge in [0.1, 0.15) is 29.2 Å². The Bertz CT molecular complexity index is 1290. The van der Waals surface area contributed by atoms with Crippen molar-refractivity contribution in [3.05, 3.63) is 53.2 Å². The first-order valence-electron chi connectivity index (χ1n) is 11.1. The van der Waals surface area contributed by atoms with Gasteiger partial charge in [-0.05, 0) is 57.9 Å². The van der Waals surface area contributed by atoms with Gasteiger partial charge >= 0.3 is 6.09 Å². The van der Waals surface area contributed by atoms with Gasteiger partial charge in [-0.2, -0.15) is 5.26 Å². The number of hydrogen-bond donors (Lipinski definition) is 1. The van der Waals surface area contributed by atoms with Crippen molar-refractivity contribution in [3.8, 4) is 17.7 Å². The Balaban J connectivity index is 1.93. The molecule has 0 unspecified atom stereocenters. The number of carbonyl (C=O) groups is 1. The number of sulfonamides is 1. The SMILES string of the molecule is Cc1ccc(C#N)nc1Oc1cccc(C[C@H]2[C@@H](NS(C)(=O)=O)C(F)(F)CN2C(=O)OC(C)(C)C)c1. The monoisotopic (exact) mass is 522 g/mol. The summed E-state index contributed by atoms with van der Waals surface area (Å²) in [5.74, 6) is -2.98. The number of aryl methyl sites for hydroxylation is 1. The first-order chi connectivity index (χ1) is 16.6. The predicted octanol–water partition coefficient (Wildman–Crippen LogP) is 3.77. The molecule has 194 valence electrons. The van der Waals surface area contributed by atoms with Crippen molar-refractivity contribution >= 4 is 16.1 Å². The Kier molecular flexibility index (Phi) is 7.57. The molecule has 2 atom stereocenters. The van der Waals surface area contributed by atoms with E-state index in [1.807, 2.05) is 10.8 Å². The molecule has 1 aliphatic rings. The standard InChI is InChI=1S/C24H28F2N4O5S/c1-15-9-10-17(13-27)28-21(15)34-18-8-6-7-16(11-18)12-19-20(29-36(5,32)33)24(25,26)14-30(19)22(31)35-23(2,3)4/h6-11,19-20,29H,12,14H2,1-5H3/t19-,20+/m0/s1. The fourth-order valence-corrected chi connectivity index (χ4v) is 4.60. The number of likely N-dealkylation sites (tertiary alicyclic amines) is 1. The van der Waals surface area contributed by atoms with Gasteiger partial charge in [-0.15, -0.1) is 0 Å². The maximum absolute atomic E-state index is 15.0. The van der Waals surface area contributed by atoms with Crippen LogP contribution in [0.3, 0.4) is 0 Å². The number of pyridine rings is 1. The van der Waals surface area contributed by atoms with E-state index in [4.69, 9.17) is 14.7 Å². The highest BCUT2D eigenvalue weighted by molar-refractivity contribution is 7.88. The normalized spacial score (nSPS) is 19.6. The van der Waals surface area contributed by atoms with E-state index in [1.165, 1.54) is 0 Å². The largest absolute Gasteiger partial charge is 0.444 e. The van der Waals surface area contributed by atoms with Crippen LogP contribution in [0.25, 0.3) is 0 Å². The number of rotatable bonds is 6. The van der Waals surface area contributed by atoms with Gasteiger partial charge in [-0.3, -0.25) is 4.90 Å². The van der Waals surface area contributed by atoms with Crippen molar-refractivity contribution < 1.29 is 31.5 Å². The van der Waals surface area contributed by atoms with Crippen molar-refractivity contribution in [3.63, 3.8) is 0 Å². The number of nitriles is 1. The zero-order valence-electron chi connectivity index (χ0n) is 20.6. The van der Waals surface area contributed by atoms with Gasteiger partial charge in [0.2, 0.25) is 15.9 Å². The average Bonchev–Trinajstić information content (AvgIpc) is 2.98. The maximum Gasteiger partial charge on any atom is 0.410 e. The van der Waals surface area contributed by atoms with E-state index in [2.05, 4.69) is 4.98 Å². The van der Waals surface area contributed by atoms with Gasteiger partial charge in [0.25, 0.3) is 5.92 Å². The number of nitrogens with one attached hydrogen (secondary N) is 1. The molecule has 1 aromatic heterocycles. The van der Waals surface area contributed by atoms with Gasteiger partial charge in [0.15, 0.2) is 0 Å². The number of ether oxygens (including phenoxy) is 2. The molecule has 2 aromatic rings. The van der Waals surface area contributed by atoms with Crippen molar-refractivity contribution in [1.82, 2.24) is 14.6 Å². The summed E-state index contributed by atoms with van der Waals surface area (Å²) < 4.78 is 66.9. The third-order valence-electron chi connectivity index (χ3n) is 5.31. The minimum absolute atomic E-state index is 0.107. The number of halogens is 2. The number of amides is 1. The van der Waals surface area contributed by atoms with Crippen molar-refractivity contribution in [2.75, 3.05) is 12.8 Å². The first kappa shape index (κ1) is 27.3. The van der Waals surface area contributed by atoms with Crippen LogP contribution in [0.4, 0.5) is 13.6 Å². The lowest BCUT2D eigenvalue weighted by molar-refractivity contribution is -0.0122. The van der Waals surface area contributed by atoms with Crippen molar-refractivity contribution in [2.45, 2.75) is 57.7 Å². The van der Waals surface area contributed by atoms with Crippen LogP contribution in [0.15, 0.2) is 36.4 Å². The lowest BCUT2D eigenvalue weighted by Gasteiger charge is -2.30. The van der Waals surface area contributed by atoms with Crippen LogP contribution in [0.2, 0.25) is 0 Å². The minimum atomic E-state index is -4.02. The summed E-state index contributed by atoms with van der Waals surface area (Å²) in [4.78, 5) is 17.8. The fourth-order valence-electron chi connectivity index (χ4n) is 3.81. The van der Waals surface area contributed by atoms with E-state index in [0.717, 1.165) is 11.2 Å². The molecule has 1 N–H and O–H groups in total. The average molecular weight is 523 g/mol. The number of carbonyl (C=O) groups excluding carboxylic acids is 1. The number of alkyl halides is 2. The highest BCUT2D eigenvalue weighted by Gasteiger charge is 2.57. The molecule has 1 aliphatic heterocycles. The molecule has 3 rings (SSSR count). The molecule has 9 nitrogen and oxygen atoms in total. The van der Waals surface area contributed by atoms with E-state index in [1.54, 1.807) is 64.1 Å². The van der Waals surface area contributed by atoms with Crippen LogP contribution in [0.5, 0.6) is 11.6 Å². The third kappa shape index (κ3) is 6.89. The molecule has 0 radical (unpaired) electrons. The highest BCUT2D eigenvalue weighted by atomic mass is 32.2. The Labute approximate surface area is 209 Å². The smallest absolute Gasteiger partial charge is 0.410 e. The van der Waals surface area contributed by atoms with Crippen LogP contribution in [-0.2, 0) is 21.2 Å². The molecule has 0 spiro atoms. The molecule has 0 saturated carbocycles. The number of nitrogens with zero attached hydrogens (tertiary/aromatic N) is 3. The molecule has 0 aliphatic carbocycles. The van der Waals surface area contributed by atoms with E-state index < -0.39 is 46.3 Å². The van der Waals surface area contributed by atoms with Crippen molar-refractivity contribution in [2.24, 2.45) is 0 Å². The van der Waals surface area contributed by atoms with Gasteiger partial charge in [-0.1, -0.05) is 18.2 Å². The van der Waals surface area contributed by atoms with Crippen LogP contribution < -0.4 is 9.46 Å². The Hall–Kier alpha value is -3.30. The van der Waals surface area contributed by atoms with Gasteiger partial charge in [-0.25, -0.2) is 31.7 Å². The Morgan fingerprint density at radius 3 is 2.61 bits per heavy atom. The van der Waals surface area contributed by atoms with Gasteiger partial charge in [0.05, 0.1) is 18.8 Å². The summed E-state index contributed by atoms with van der Waals surface area (Å²) in [5, 5.41) is 9.09. The molecule has 1 amide bonds. The van der Waals surface area contributed by atoms with Crippen LogP contribution in [0.1, 0.15) is 37.6 Å². The van der Waals surface area contributed by atoms with E-state index in [-0.39, 0.29) is 18.0 Å². The second-order valence-corrected chi connectivity index (χ2v) is 11.5. The summed E-state index contributed by atoms with van der Waals surface area (Å²) in [7, 11) is -4.02. The van der Waals surface area contributed by atoms with E-state index in [9.17, 15) is 22.0 Å². The fraction of sp³-hybridized carbons (Fsp3) is 0.458. The van der Waals surface area contributed by atoms with Crippen LogP contribution in [-0.4, -0.2) is 60.8 Å². The first-order valence-corrected chi connectivity index (χ1v) is 13.0. The summed E-state index contributed by atoms with van der Waals surface area (Å²) in [6.07, 6.45) is -0.287. The minimum Gasteiger partial charge on any atom is -0.444 e. The van der Waals surface area contributed by atoms with Crippen LogP contribution in [0, 0.1) is 18.3 Å². The molecule has 2 heterocycles. The van der Waals surface area contributed by atoms with Gasteiger partial charge in [0, 0.05) is 5.56 Å². The number of benzene rings is 1. The maximum atomic E-state index is 15.0. The zero-order chi connectivity index (χ0) is 26.9. The lowest BCUT2D eigenvalue weighted by atomic mass is 9.99.